The summed E-state index contributed by atoms with van der Waals surface area (Å²) in [6.07, 6.45) is 0.596. The second-order valence-corrected chi connectivity index (χ2v) is 6.35. The normalized spacial score (nSPS) is 11.0. The minimum atomic E-state index is -0.378. The van der Waals surface area contributed by atoms with Crippen LogP contribution in [0.25, 0.3) is 0 Å². The van der Waals surface area contributed by atoms with Gasteiger partial charge in [-0.1, -0.05) is 30.3 Å². The number of hydrogen-bond donors (Lipinski definition) is 3. The molecule has 0 saturated carbocycles. The van der Waals surface area contributed by atoms with Crippen LogP contribution in [0.4, 0.5) is 0 Å². The number of methoxy groups -OCH3 is 2. The maximum atomic E-state index is 12.4. The molecule has 0 saturated heterocycles. The van der Waals surface area contributed by atoms with Gasteiger partial charge in [0.25, 0.3) is 0 Å². The van der Waals surface area contributed by atoms with Crippen LogP contribution in [0.3, 0.4) is 0 Å². The second kappa shape index (κ2) is 11.9. The van der Waals surface area contributed by atoms with Gasteiger partial charge in [0.2, 0.25) is 11.8 Å². The van der Waals surface area contributed by atoms with Gasteiger partial charge in [-0.3, -0.25) is 9.59 Å². The fourth-order valence-electron chi connectivity index (χ4n) is 2.88. The molecule has 0 spiro atoms. The maximum Gasteiger partial charge on any atom is 0.239 e. The largest absolute Gasteiger partial charge is 0.493 e. The van der Waals surface area contributed by atoms with Gasteiger partial charge in [0.05, 0.1) is 33.4 Å². The number of nitrogens with one attached hydrogen (secondary N) is 2. The van der Waals surface area contributed by atoms with Crippen LogP contribution in [-0.2, 0) is 16.0 Å². The van der Waals surface area contributed by atoms with Gasteiger partial charge in [-0.2, -0.15) is 0 Å². The van der Waals surface area contributed by atoms with Crippen molar-refractivity contribution in [3.05, 3.63) is 59.2 Å². The molecule has 0 radical (unpaired) electrons. The Morgan fingerprint density at radius 1 is 1.03 bits per heavy atom. The number of nitrogens with two attached hydrogens (primary N) is 1. The lowest BCUT2D eigenvalue weighted by atomic mass is 9.95. The van der Waals surface area contributed by atoms with E-state index in [4.69, 9.17) is 15.2 Å². The lowest BCUT2D eigenvalue weighted by Gasteiger charge is -2.22. The molecule has 0 bridgehead atoms. The van der Waals surface area contributed by atoms with Crippen molar-refractivity contribution in [2.75, 3.05) is 27.3 Å². The number of aryl methyl sites for hydroxylation is 1. The highest BCUT2D eigenvalue weighted by Gasteiger charge is 2.18. The zero-order valence-electron chi connectivity index (χ0n) is 16.9. The number of carbonyl (C=O) groups excluding carboxylic acids is 2. The Kier molecular flexibility index (Phi) is 9.99. The van der Waals surface area contributed by atoms with E-state index in [1.54, 1.807) is 20.3 Å². The van der Waals surface area contributed by atoms with Crippen molar-refractivity contribution in [1.82, 2.24) is 10.6 Å². The summed E-state index contributed by atoms with van der Waals surface area (Å²) < 4.78 is 10.7. The van der Waals surface area contributed by atoms with E-state index < -0.39 is 0 Å². The third-order valence-corrected chi connectivity index (χ3v) is 4.46. The Bertz CT molecular complexity index is 829. The van der Waals surface area contributed by atoms with Gasteiger partial charge in [-0.05, 0) is 42.2 Å². The first-order valence-electron chi connectivity index (χ1n) is 9.01. The molecule has 2 aromatic rings. The molecule has 1 unspecified atom stereocenters. The van der Waals surface area contributed by atoms with Gasteiger partial charge < -0.3 is 25.8 Å². The van der Waals surface area contributed by atoms with Crippen LogP contribution in [0.15, 0.2) is 42.5 Å². The van der Waals surface area contributed by atoms with E-state index in [1.807, 2.05) is 43.3 Å². The average molecular weight is 422 g/mol. The zero-order chi connectivity index (χ0) is 20.5. The molecule has 0 aromatic heterocycles. The SMILES string of the molecule is COc1ccc(C(Cc2ccccc2C)NC(=O)CNC(=O)CN)cc1OC.Cl. The number of ether oxygens (including phenoxy) is 2. The van der Waals surface area contributed by atoms with Crippen molar-refractivity contribution < 1.29 is 19.1 Å². The minimum absolute atomic E-state index is 0. The fourth-order valence-corrected chi connectivity index (χ4v) is 2.88. The third kappa shape index (κ3) is 6.96. The van der Waals surface area contributed by atoms with Crippen LogP contribution in [-0.4, -0.2) is 39.1 Å². The topological polar surface area (TPSA) is 103 Å². The molecule has 158 valence electrons. The Labute approximate surface area is 177 Å². The van der Waals surface area contributed by atoms with Crippen LogP contribution >= 0.6 is 12.4 Å². The molecule has 1 atom stereocenters. The van der Waals surface area contributed by atoms with E-state index in [-0.39, 0.29) is 43.4 Å². The molecule has 0 aliphatic carbocycles. The number of amides is 2. The molecule has 0 aliphatic heterocycles. The fraction of sp³-hybridized carbons (Fsp3) is 0.333. The summed E-state index contributed by atoms with van der Waals surface area (Å²) >= 11 is 0. The maximum absolute atomic E-state index is 12.4. The molecule has 2 aromatic carbocycles. The molecular weight excluding hydrogens is 394 g/mol. The lowest BCUT2D eigenvalue weighted by molar-refractivity contribution is -0.125. The molecule has 4 N–H and O–H groups in total. The van der Waals surface area contributed by atoms with Crippen molar-refractivity contribution in [2.45, 2.75) is 19.4 Å². The zero-order valence-corrected chi connectivity index (χ0v) is 17.7. The number of halogens is 1. The van der Waals surface area contributed by atoms with Crippen molar-refractivity contribution in [3.8, 4) is 11.5 Å². The standard InChI is InChI=1S/C21H27N3O4.ClH/c1-14-6-4-5-7-15(14)10-17(24-21(26)13-23-20(25)12-22)16-8-9-18(27-2)19(11-16)28-3;/h4-9,11,17H,10,12-13,22H2,1-3H3,(H,23,25)(H,24,26);1H. The van der Waals surface area contributed by atoms with Gasteiger partial charge in [-0.25, -0.2) is 0 Å². The van der Waals surface area contributed by atoms with Crippen LogP contribution in [0.1, 0.15) is 22.7 Å². The van der Waals surface area contributed by atoms with E-state index >= 15 is 0 Å². The molecule has 2 amide bonds. The monoisotopic (exact) mass is 421 g/mol. The Balaban J connectivity index is 0.00000420. The minimum Gasteiger partial charge on any atom is -0.493 e. The van der Waals surface area contributed by atoms with E-state index in [0.717, 1.165) is 16.7 Å². The summed E-state index contributed by atoms with van der Waals surface area (Å²) in [4.78, 5) is 23.7. The van der Waals surface area contributed by atoms with Crippen molar-refractivity contribution in [3.63, 3.8) is 0 Å². The first kappa shape index (κ1) is 24.3. The first-order chi connectivity index (χ1) is 13.5. The van der Waals surface area contributed by atoms with E-state index in [2.05, 4.69) is 10.6 Å². The lowest BCUT2D eigenvalue weighted by Crippen LogP contribution is -2.41. The quantitative estimate of drug-likeness (QED) is 0.574. The summed E-state index contributed by atoms with van der Waals surface area (Å²) in [5, 5.41) is 5.47. The summed E-state index contributed by atoms with van der Waals surface area (Å²) in [6, 6.07) is 13.3. The summed E-state index contributed by atoms with van der Waals surface area (Å²) in [5.41, 5.74) is 8.39. The summed E-state index contributed by atoms with van der Waals surface area (Å²) in [7, 11) is 3.14. The predicted molar refractivity (Wildman–Crippen MR) is 115 cm³/mol. The summed E-state index contributed by atoms with van der Waals surface area (Å²) in [5.74, 6) is 0.523. The first-order valence-corrected chi connectivity index (χ1v) is 9.01. The van der Waals surface area contributed by atoms with Crippen molar-refractivity contribution >= 4 is 24.2 Å². The predicted octanol–water partition coefficient (Wildman–Crippen LogP) is 1.91. The molecule has 8 heteroatoms. The molecule has 0 fully saturated rings. The number of hydrogen-bond acceptors (Lipinski definition) is 5. The Hall–Kier alpha value is -2.77. The average Bonchev–Trinajstić information content (AvgIpc) is 2.72. The Morgan fingerprint density at radius 2 is 1.72 bits per heavy atom. The van der Waals surface area contributed by atoms with Gasteiger partial charge >= 0.3 is 0 Å². The highest BCUT2D eigenvalue weighted by molar-refractivity contribution is 5.86. The van der Waals surface area contributed by atoms with E-state index in [9.17, 15) is 9.59 Å². The Morgan fingerprint density at radius 3 is 2.34 bits per heavy atom. The third-order valence-electron chi connectivity index (χ3n) is 4.46. The van der Waals surface area contributed by atoms with Crippen LogP contribution < -0.4 is 25.8 Å². The molecule has 2 rings (SSSR count). The second-order valence-electron chi connectivity index (χ2n) is 6.35. The van der Waals surface area contributed by atoms with Crippen LogP contribution in [0.5, 0.6) is 11.5 Å². The van der Waals surface area contributed by atoms with Gasteiger partial charge in [0.1, 0.15) is 0 Å². The van der Waals surface area contributed by atoms with Crippen molar-refractivity contribution in [1.29, 1.82) is 0 Å². The smallest absolute Gasteiger partial charge is 0.239 e. The molecule has 29 heavy (non-hydrogen) atoms. The molecular formula is C21H28ClN3O4. The van der Waals surface area contributed by atoms with E-state index in [1.165, 1.54) is 0 Å². The highest BCUT2D eigenvalue weighted by atomic mass is 35.5. The van der Waals surface area contributed by atoms with E-state index in [0.29, 0.717) is 17.9 Å². The summed E-state index contributed by atoms with van der Waals surface area (Å²) in [6.45, 7) is 1.74. The number of carbonyl (C=O) groups is 2. The van der Waals surface area contributed by atoms with Gasteiger partial charge in [0.15, 0.2) is 11.5 Å². The highest BCUT2D eigenvalue weighted by Crippen LogP contribution is 2.31. The molecule has 0 heterocycles. The molecule has 7 nitrogen and oxygen atoms in total. The van der Waals surface area contributed by atoms with Crippen LogP contribution in [0, 0.1) is 6.92 Å². The van der Waals surface area contributed by atoms with Crippen LogP contribution in [0.2, 0.25) is 0 Å². The van der Waals surface area contributed by atoms with Gasteiger partial charge in [0, 0.05) is 0 Å². The van der Waals surface area contributed by atoms with Crippen molar-refractivity contribution in [2.24, 2.45) is 5.73 Å². The number of rotatable bonds is 9. The number of benzene rings is 2. The van der Waals surface area contributed by atoms with Gasteiger partial charge in [-0.15, -0.1) is 12.4 Å². The molecule has 0 aliphatic rings.